The van der Waals surface area contributed by atoms with E-state index in [2.05, 4.69) is 16.7 Å². The quantitative estimate of drug-likeness (QED) is 0.188. The third kappa shape index (κ3) is 9.64. The molecule has 0 aliphatic rings. The predicted octanol–water partition coefficient (Wildman–Crippen LogP) is 1.16. The molecule has 16 heavy (non-hydrogen) atoms. The van der Waals surface area contributed by atoms with Crippen molar-refractivity contribution in [3.8, 4) is 0 Å². The molecule has 0 aliphatic carbocycles. The molecule has 0 heterocycles. The van der Waals surface area contributed by atoms with E-state index < -0.39 is 0 Å². The Balaban J connectivity index is 3.28. The van der Waals surface area contributed by atoms with Crippen molar-refractivity contribution in [2.45, 2.75) is 32.1 Å². The van der Waals surface area contributed by atoms with Crippen molar-refractivity contribution in [3.63, 3.8) is 0 Å². The molecule has 0 aliphatic heterocycles. The molecule has 0 unspecified atom stereocenters. The summed E-state index contributed by atoms with van der Waals surface area (Å²) in [6.45, 7) is 0.664. The average Bonchev–Trinajstić information content (AvgIpc) is 2.27. The van der Waals surface area contributed by atoms with Gasteiger partial charge in [0.25, 0.3) is 0 Å². The summed E-state index contributed by atoms with van der Waals surface area (Å²) in [5, 5.41) is 13.7. The van der Waals surface area contributed by atoms with E-state index >= 15 is 0 Å². The number of carbonyl (C=O) groups is 1. The summed E-state index contributed by atoms with van der Waals surface area (Å²) in [6.07, 6.45) is 6.62. The van der Waals surface area contributed by atoms with Gasteiger partial charge in [-0.2, -0.15) is 11.8 Å². The van der Waals surface area contributed by atoms with E-state index in [0.717, 1.165) is 12.8 Å². The van der Waals surface area contributed by atoms with Crippen LogP contribution in [0.2, 0.25) is 0 Å². The molecule has 94 valence electrons. The van der Waals surface area contributed by atoms with Crippen LogP contribution in [0.3, 0.4) is 0 Å². The van der Waals surface area contributed by atoms with E-state index in [1.165, 1.54) is 18.6 Å². The van der Waals surface area contributed by atoms with E-state index in [1.807, 2.05) is 11.8 Å². The highest BCUT2D eigenvalue weighted by atomic mass is 32.2. The topological polar surface area (TPSA) is 87.7 Å². The van der Waals surface area contributed by atoms with E-state index in [-0.39, 0.29) is 18.2 Å². The third-order valence-electron chi connectivity index (χ3n) is 2.07. The number of unbranched alkanes of at least 4 members (excludes halogenated alkanes) is 3. The summed E-state index contributed by atoms with van der Waals surface area (Å²) >= 11 is 1.86. The minimum Gasteiger partial charge on any atom is -0.409 e. The van der Waals surface area contributed by atoms with Gasteiger partial charge in [0, 0.05) is 6.54 Å². The van der Waals surface area contributed by atoms with Crippen LogP contribution < -0.4 is 11.1 Å². The summed E-state index contributed by atoms with van der Waals surface area (Å²) < 4.78 is 0. The summed E-state index contributed by atoms with van der Waals surface area (Å²) in [4.78, 5) is 11.2. The average molecular weight is 247 g/mol. The van der Waals surface area contributed by atoms with Crippen molar-refractivity contribution in [2.75, 3.05) is 18.6 Å². The molecule has 0 aromatic rings. The monoisotopic (exact) mass is 247 g/mol. The molecule has 0 saturated heterocycles. The number of rotatable bonds is 9. The van der Waals surface area contributed by atoms with Crippen molar-refractivity contribution in [1.82, 2.24) is 5.32 Å². The molecule has 0 saturated carbocycles. The highest BCUT2D eigenvalue weighted by Crippen LogP contribution is 2.03. The van der Waals surface area contributed by atoms with Crippen LogP contribution in [0.15, 0.2) is 5.16 Å². The largest absolute Gasteiger partial charge is 0.409 e. The Kier molecular flexibility index (Phi) is 10.00. The second-order valence-electron chi connectivity index (χ2n) is 3.53. The van der Waals surface area contributed by atoms with Crippen molar-refractivity contribution < 1.29 is 10.0 Å². The minimum absolute atomic E-state index is 0.0387. The van der Waals surface area contributed by atoms with Gasteiger partial charge >= 0.3 is 0 Å². The first kappa shape index (κ1) is 15.1. The summed E-state index contributed by atoms with van der Waals surface area (Å²) in [5.74, 6) is 0.951. The van der Waals surface area contributed by atoms with Crippen LogP contribution in [0.4, 0.5) is 0 Å². The molecule has 0 spiro atoms. The lowest BCUT2D eigenvalue weighted by Crippen LogP contribution is -2.29. The maximum atomic E-state index is 11.2. The molecule has 0 fully saturated rings. The molecule has 1 amide bonds. The minimum atomic E-state index is -0.195. The number of hydrogen-bond donors (Lipinski definition) is 3. The van der Waals surface area contributed by atoms with Gasteiger partial charge in [0.2, 0.25) is 5.91 Å². The number of nitrogens with two attached hydrogens (primary N) is 1. The first-order chi connectivity index (χ1) is 7.70. The molecule has 6 heteroatoms. The van der Waals surface area contributed by atoms with Gasteiger partial charge in [0.1, 0.15) is 5.84 Å². The molecule has 0 bridgehead atoms. The Morgan fingerprint density at radius 1 is 1.38 bits per heavy atom. The van der Waals surface area contributed by atoms with Gasteiger partial charge in [-0.25, -0.2) is 0 Å². The summed E-state index contributed by atoms with van der Waals surface area (Å²) in [5.41, 5.74) is 5.20. The molecule has 5 nitrogen and oxygen atoms in total. The lowest BCUT2D eigenvalue weighted by Gasteiger charge is -2.04. The maximum absolute atomic E-state index is 11.2. The molecule has 0 radical (unpaired) electrons. The smallest absolute Gasteiger partial charge is 0.227 e. The summed E-state index contributed by atoms with van der Waals surface area (Å²) in [6, 6.07) is 0. The van der Waals surface area contributed by atoms with Gasteiger partial charge in [-0.05, 0) is 24.9 Å². The van der Waals surface area contributed by atoms with Crippen molar-refractivity contribution in [2.24, 2.45) is 10.9 Å². The third-order valence-corrected chi connectivity index (χ3v) is 2.76. The van der Waals surface area contributed by atoms with Gasteiger partial charge in [0.15, 0.2) is 0 Å². The number of hydrogen-bond acceptors (Lipinski definition) is 4. The van der Waals surface area contributed by atoms with Gasteiger partial charge in [-0.15, -0.1) is 0 Å². The lowest BCUT2D eigenvalue weighted by molar-refractivity contribution is -0.119. The molecular formula is C10H21N3O2S. The zero-order valence-corrected chi connectivity index (χ0v) is 10.6. The van der Waals surface area contributed by atoms with Gasteiger partial charge in [0.05, 0.1) is 6.42 Å². The van der Waals surface area contributed by atoms with Crippen LogP contribution in [0.1, 0.15) is 32.1 Å². The number of nitrogens with zero attached hydrogens (tertiary/aromatic N) is 1. The highest BCUT2D eigenvalue weighted by Gasteiger charge is 2.03. The van der Waals surface area contributed by atoms with Gasteiger partial charge < -0.3 is 16.3 Å². The Bertz CT molecular complexity index is 222. The standard InChI is InChI=1S/C10H21N3O2S/c1-16-7-5-3-2-4-6-12-10(14)8-9(11)13-15/h15H,2-8H2,1H3,(H2,11,13)(H,12,14). The molecule has 0 atom stereocenters. The Morgan fingerprint density at radius 2 is 2.06 bits per heavy atom. The van der Waals surface area contributed by atoms with Gasteiger partial charge in [-0.1, -0.05) is 18.0 Å². The van der Waals surface area contributed by atoms with Crippen LogP contribution in [-0.2, 0) is 4.79 Å². The predicted molar refractivity (Wildman–Crippen MR) is 67.9 cm³/mol. The number of thioether (sulfide) groups is 1. The number of carbonyl (C=O) groups excluding carboxylic acids is 1. The zero-order chi connectivity index (χ0) is 12.2. The second-order valence-corrected chi connectivity index (χ2v) is 4.51. The fourth-order valence-electron chi connectivity index (χ4n) is 1.22. The van der Waals surface area contributed by atoms with Crippen molar-refractivity contribution in [1.29, 1.82) is 0 Å². The fraction of sp³-hybridized carbons (Fsp3) is 0.800. The molecule has 0 rings (SSSR count). The van der Waals surface area contributed by atoms with Crippen LogP contribution >= 0.6 is 11.8 Å². The Hall–Kier alpha value is -0.910. The first-order valence-electron chi connectivity index (χ1n) is 5.42. The van der Waals surface area contributed by atoms with Crippen LogP contribution in [0.25, 0.3) is 0 Å². The highest BCUT2D eigenvalue weighted by molar-refractivity contribution is 7.98. The Labute approximate surface area is 101 Å². The molecule has 4 N–H and O–H groups in total. The number of amides is 1. The first-order valence-corrected chi connectivity index (χ1v) is 6.82. The van der Waals surface area contributed by atoms with E-state index in [1.54, 1.807) is 0 Å². The lowest BCUT2D eigenvalue weighted by atomic mass is 10.2. The molecule has 0 aromatic carbocycles. The van der Waals surface area contributed by atoms with Crippen molar-refractivity contribution in [3.05, 3.63) is 0 Å². The van der Waals surface area contributed by atoms with E-state index in [4.69, 9.17) is 10.9 Å². The number of amidine groups is 1. The molecular weight excluding hydrogens is 226 g/mol. The number of oxime groups is 1. The second kappa shape index (κ2) is 10.6. The van der Waals surface area contributed by atoms with Crippen LogP contribution in [-0.4, -0.2) is 35.5 Å². The summed E-state index contributed by atoms with van der Waals surface area (Å²) in [7, 11) is 0. The van der Waals surface area contributed by atoms with Crippen molar-refractivity contribution >= 4 is 23.5 Å². The van der Waals surface area contributed by atoms with E-state index in [9.17, 15) is 4.79 Å². The van der Waals surface area contributed by atoms with Gasteiger partial charge in [-0.3, -0.25) is 4.79 Å². The normalized spacial score (nSPS) is 11.4. The Morgan fingerprint density at radius 3 is 2.69 bits per heavy atom. The van der Waals surface area contributed by atoms with Crippen LogP contribution in [0.5, 0.6) is 0 Å². The fourth-order valence-corrected chi connectivity index (χ4v) is 1.71. The maximum Gasteiger partial charge on any atom is 0.227 e. The van der Waals surface area contributed by atoms with Crippen LogP contribution in [0, 0.1) is 0 Å². The SMILES string of the molecule is CSCCCCCCNC(=O)CC(N)=NO. The zero-order valence-electron chi connectivity index (χ0n) is 9.74. The molecule has 0 aromatic heterocycles. The number of nitrogens with one attached hydrogen (secondary N) is 1. The van der Waals surface area contributed by atoms with E-state index in [0.29, 0.717) is 6.54 Å².